The predicted molar refractivity (Wildman–Crippen MR) is 90.6 cm³/mol. The van der Waals surface area contributed by atoms with Crippen molar-refractivity contribution in [2.24, 2.45) is 0 Å². The molecule has 0 aromatic heterocycles. The van der Waals surface area contributed by atoms with Crippen molar-refractivity contribution >= 4 is 22.0 Å². The standard InChI is InChI=1S/C20H15NO/c1-2-7-15(8-3-1)17-13-20(21-22-14-17)19-12-6-10-16-9-4-5-11-18(16)19/h1-14,21H. The minimum Gasteiger partial charge on any atom is -0.389 e. The summed E-state index contributed by atoms with van der Waals surface area (Å²) in [5, 5.41) is 2.43. The van der Waals surface area contributed by atoms with Crippen LogP contribution in [0.4, 0.5) is 0 Å². The van der Waals surface area contributed by atoms with E-state index in [4.69, 9.17) is 4.84 Å². The second kappa shape index (κ2) is 5.41. The maximum absolute atomic E-state index is 5.47. The number of nitrogens with one attached hydrogen (secondary N) is 1. The van der Waals surface area contributed by atoms with Gasteiger partial charge in [0, 0.05) is 11.1 Å². The van der Waals surface area contributed by atoms with E-state index < -0.39 is 0 Å². The second-order valence-corrected chi connectivity index (χ2v) is 5.24. The number of rotatable bonds is 2. The molecule has 0 saturated carbocycles. The summed E-state index contributed by atoms with van der Waals surface area (Å²) in [6.45, 7) is 0. The lowest BCUT2D eigenvalue weighted by molar-refractivity contribution is 0.183. The van der Waals surface area contributed by atoms with Gasteiger partial charge >= 0.3 is 0 Å². The van der Waals surface area contributed by atoms with Crippen LogP contribution in [-0.4, -0.2) is 0 Å². The summed E-state index contributed by atoms with van der Waals surface area (Å²) in [4.78, 5) is 5.47. The molecule has 0 fully saturated rings. The van der Waals surface area contributed by atoms with Crippen LogP contribution in [-0.2, 0) is 4.84 Å². The van der Waals surface area contributed by atoms with Crippen molar-refractivity contribution in [3.63, 3.8) is 0 Å². The van der Waals surface area contributed by atoms with E-state index in [0.29, 0.717) is 0 Å². The molecule has 0 saturated heterocycles. The Hall–Kier alpha value is -3.00. The molecule has 3 aromatic rings. The van der Waals surface area contributed by atoms with Gasteiger partial charge in [-0.3, -0.25) is 0 Å². The Balaban J connectivity index is 1.82. The zero-order valence-electron chi connectivity index (χ0n) is 12.0. The number of benzene rings is 3. The summed E-state index contributed by atoms with van der Waals surface area (Å²) in [5.74, 6) is 0. The zero-order chi connectivity index (χ0) is 14.8. The molecule has 22 heavy (non-hydrogen) atoms. The smallest absolute Gasteiger partial charge is 0.127 e. The summed E-state index contributed by atoms with van der Waals surface area (Å²) >= 11 is 0. The van der Waals surface area contributed by atoms with E-state index in [-0.39, 0.29) is 0 Å². The van der Waals surface area contributed by atoms with Gasteiger partial charge in [-0.15, -0.1) is 0 Å². The highest BCUT2D eigenvalue weighted by atomic mass is 16.6. The molecule has 0 radical (unpaired) electrons. The van der Waals surface area contributed by atoms with Crippen molar-refractivity contribution in [2.45, 2.75) is 0 Å². The quantitative estimate of drug-likeness (QED) is 0.733. The highest BCUT2D eigenvalue weighted by Crippen LogP contribution is 2.28. The van der Waals surface area contributed by atoms with Gasteiger partial charge in [0.05, 0.1) is 5.70 Å². The van der Waals surface area contributed by atoms with E-state index in [0.717, 1.165) is 22.4 Å². The molecule has 0 unspecified atom stereocenters. The molecule has 0 amide bonds. The van der Waals surface area contributed by atoms with Crippen LogP contribution in [0.15, 0.2) is 85.1 Å². The van der Waals surface area contributed by atoms with Crippen LogP contribution in [0.2, 0.25) is 0 Å². The van der Waals surface area contributed by atoms with Crippen molar-refractivity contribution in [3.8, 4) is 0 Å². The number of fused-ring (bicyclic) bond motifs is 1. The summed E-state index contributed by atoms with van der Waals surface area (Å²) in [6, 6.07) is 24.9. The third-order valence-electron chi connectivity index (χ3n) is 3.84. The van der Waals surface area contributed by atoms with Crippen LogP contribution in [0, 0.1) is 0 Å². The minimum absolute atomic E-state index is 0.971. The maximum Gasteiger partial charge on any atom is 0.127 e. The highest BCUT2D eigenvalue weighted by molar-refractivity contribution is 5.96. The third-order valence-corrected chi connectivity index (χ3v) is 3.84. The Bertz CT molecular complexity index is 873. The highest BCUT2D eigenvalue weighted by Gasteiger charge is 2.12. The molecule has 1 N–H and O–H groups in total. The van der Waals surface area contributed by atoms with Gasteiger partial charge in [0.15, 0.2) is 0 Å². The first-order chi connectivity index (χ1) is 10.9. The molecule has 0 bridgehead atoms. The van der Waals surface area contributed by atoms with Crippen molar-refractivity contribution < 1.29 is 4.84 Å². The second-order valence-electron chi connectivity index (χ2n) is 5.24. The lowest BCUT2D eigenvalue weighted by Gasteiger charge is -2.18. The van der Waals surface area contributed by atoms with E-state index in [2.05, 4.69) is 66.2 Å². The van der Waals surface area contributed by atoms with Gasteiger partial charge in [0.25, 0.3) is 0 Å². The number of allylic oxidation sites excluding steroid dienone is 2. The third kappa shape index (κ3) is 2.25. The van der Waals surface area contributed by atoms with Crippen molar-refractivity contribution in [2.75, 3.05) is 0 Å². The van der Waals surface area contributed by atoms with Gasteiger partial charge in [-0.1, -0.05) is 72.8 Å². The average Bonchev–Trinajstić information content (AvgIpc) is 2.62. The van der Waals surface area contributed by atoms with Crippen LogP contribution >= 0.6 is 0 Å². The number of hydrogen-bond donors (Lipinski definition) is 1. The van der Waals surface area contributed by atoms with Gasteiger partial charge in [0.2, 0.25) is 0 Å². The summed E-state index contributed by atoms with van der Waals surface area (Å²) < 4.78 is 0. The van der Waals surface area contributed by atoms with E-state index in [1.54, 1.807) is 6.26 Å². The molecule has 3 aromatic carbocycles. The lowest BCUT2D eigenvalue weighted by Crippen LogP contribution is -2.13. The first kappa shape index (κ1) is 12.7. The Kier molecular flexibility index (Phi) is 3.13. The Labute approximate surface area is 129 Å². The van der Waals surface area contributed by atoms with E-state index >= 15 is 0 Å². The van der Waals surface area contributed by atoms with E-state index in [9.17, 15) is 0 Å². The fraction of sp³-hybridized carbons (Fsp3) is 0. The van der Waals surface area contributed by atoms with E-state index in [1.807, 2.05) is 18.2 Å². The fourth-order valence-electron chi connectivity index (χ4n) is 2.75. The van der Waals surface area contributed by atoms with Crippen LogP contribution < -0.4 is 5.48 Å². The molecule has 1 aliphatic rings. The summed E-state index contributed by atoms with van der Waals surface area (Å²) in [7, 11) is 0. The predicted octanol–water partition coefficient (Wildman–Crippen LogP) is 4.76. The molecule has 2 heteroatoms. The Morgan fingerprint density at radius 3 is 2.41 bits per heavy atom. The first-order valence-electron chi connectivity index (χ1n) is 7.29. The first-order valence-corrected chi connectivity index (χ1v) is 7.29. The van der Waals surface area contributed by atoms with Crippen LogP contribution in [0.1, 0.15) is 11.1 Å². The molecule has 0 spiro atoms. The van der Waals surface area contributed by atoms with E-state index in [1.165, 1.54) is 10.8 Å². The van der Waals surface area contributed by atoms with Crippen molar-refractivity contribution in [1.29, 1.82) is 0 Å². The fourth-order valence-corrected chi connectivity index (χ4v) is 2.75. The Morgan fingerprint density at radius 1 is 0.727 bits per heavy atom. The molecule has 2 nitrogen and oxygen atoms in total. The van der Waals surface area contributed by atoms with Gasteiger partial charge in [-0.2, -0.15) is 0 Å². The van der Waals surface area contributed by atoms with Gasteiger partial charge in [-0.05, 0) is 22.4 Å². The SMILES string of the molecule is C1=C(c2ccccc2)C=C(c2cccc3ccccc23)NO1. The molecule has 0 aliphatic carbocycles. The minimum atomic E-state index is 0.971. The average molecular weight is 285 g/mol. The van der Waals surface area contributed by atoms with Crippen LogP contribution in [0.3, 0.4) is 0 Å². The Morgan fingerprint density at radius 2 is 1.50 bits per heavy atom. The van der Waals surface area contributed by atoms with Crippen molar-refractivity contribution in [1.82, 2.24) is 5.48 Å². The molecule has 106 valence electrons. The zero-order valence-corrected chi connectivity index (χ0v) is 12.0. The normalized spacial score (nSPS) is 13.8. The molecular formula is C20H15NO. The lowest BCUT2D eigenvalue weighted by atomic mass is 9.99. The van der Waals surface area contributed by atoms with Gasteiger partial charge < -0.3 is 4.84 Å². The largest absolute Gasteiger partial charge is 0.389 e. The number of hydroxylamine groups is 1. The van der Waals surface area contributed by atoms with Crippen LogP contribution in [0.25, 0.3) is 22.0 Å². The van der Waals surface area contributed by atoms with Crippen LogP contribution in [0.5, 0.6) is 0 Å². The molecule has 1 heterocycles. The molecule has 1 aliphatic heterocycles. The molecular weight excluding hydrogens is 270 g/mol. The van der Waals surface area contributed by atoms with Gasteiger partial charge in [0.1, 0.15) is 6.26 Å². The topological polar surface area (TPSA) is 21.3 Å². The molecule has 0 atom stereocenters. The summed E-state index contributed by atoms with van der Waals surface area (Å²) in [5.41, 5.74) is 7.32. The van der Waals surface area contributed by atoms with Gasteiger partial charge in [-0.25, -0.2) is 5.48 Å². The monoisotopic (exact) mass is 285 g/mol. The number of hydrogen-bond acceptors (Lipinski definition) is 2. The molecule has 4 rings (SSSR count). The van der Waals surface area contributed by atoms with Crippen molar-refractivity contribution in [3.05, 3.63) is 96.3 Å². The maximum atomic E-state index is 5.47. The summed E-state index contributed by atoms with van der Waals surface area (Å²) in [6.07, 6.45) is 3.87.